The number of nitrogens with two attached hydrogens (primary N) is 1. The average Bonchev–Trinajstić information content (AvgIpc) is 2.71. The second-order valence-electron chi connectivity index (χ2n) is 9.08. The number of hydrogen-bond donors (Lipinski definition) is 3. The maximum Gasteiger partial charge on any atom is 0.269 e. The van der Waals surface area contributed by atoms with E-state index in [1.807, 2.05) is 5.32 Å². The van der Waals surface area contributed by atoms with Crippen LogP contribution in [0.1, 0.15) is 57.6 Å². The minimum atomic E-state index is -0.912. The van der Waals surface area contributed by atoms with Gasteiger partial charge in [-0.05, 0) is 29.5 Å². The summed E-state index contributed by atoms with van der Waals surface area (Å²) in [7, 11) is 0. The van der Waals surface area contributed by atoms with E-state index in [2.05, 4.69) is 24.5 Å². The third-order valence-electron chi connectivity index (χ3n) is 5.95. The zero-order chi connectivity index (χ0) is 21.0. The van der Waals surface area contributed by atoms with Gasteiger partial charge in [0.15, 0.2) is 5.71 Å². The monoisotopic (exact) mass is 403 g/mol. The number of aliphatic hydroxyl groups excluding tert-OH is 2. The van der Waals surface area contributed by atoms with Gasteiger partial charge in [0.05, 0.1) is 17.6 Å². The molecule has 1 fully saturated rings. The predicted molar refractivity (Wildman–Crippen MR) is 111 cm³/mol. The normalized spacial score (nSPS) is 21.4. The summed E-state index contributed by atoms with van der Waals surface area (Å²) in [6.45, 7) is 6.54. The molecule has 2 aliphatic rings. The first-order valence-electron chi connectivity index (χ1n) is 10.5. The molecule has 0 radical (unpaired) electrons. The van der Waals surface area contributed by atoms with Gasteiger partial charge in [0.25, 0.3) is 5.69 Å². The Balaban J connectivity index is 1.79. The highest BCUT2D eigenvalue weighted by Crippen LogP contribution is 2.32. The molecule has 4 N–H and O–H groups in total. The number of nitrogens with zero attached hydrogens (tertiary/aromatic N) is 2. The van der Waals surface area contributed by atoms with Gasteiger partial charge in [-0.1, -0.05) is 13.8 Å². The molecule has 0 amide bonds. The molecule has 29 heavy (non-hydrogen) atoms. The number of aliphatic hydroxyl groups is 2. The summed E-state index contributed by atoms with van der Waals surface area (Å²) >= 11 is 0. The number of rotatable bonds is 6. The van der Waals surface area contributed by atoms with E-state index in [9.17, 15) is 20.3 Å². The summed E-state index contributed by atoms with van der Waals surface area (Å²) < 4.78 is 2.49. The lowest BCUT2D eigenvalue weighted by atomic mass is 9.78. The van der Waals surface area contributed by atoms with Crippen molar-refractivity contribution in [2.75, 3.05) is 19.7 Å². The van der Waals surface area contributed by atoms with Gasteiger partial charge in [0, 0.05) is 37.8 Å². The summed E-state index contributed by atoms with van der Waals surface area (Å²) in [5.41, 5.74) is 3.19. The smallest absolute Gasteiger partial charge is 0.269 e. The highest BCUT2D eigenvalue weighted by atomic mass is 16.6. The Morgan fingerprint density at radius 1 is 1.17 bits per heavy atom. The second kappa shape index (κ2) is 9.15. The molecule has 1 saturated heterocycles. The number of non-ortho nitro benzene ring substituents is 1. The fourth-order valence-corrected chi connectivity index (χ4v) is 4.47. The van der Waals surface area contributed by atoms with E-state index in [0.29, 0.717) is 5.56 Å². The largest absolute Gasteiger partial charge is 0.390 e. The van der Waals surface area contributed by atoms with E-state index in [4.69, 9.17) is 0 Å². The van der Waals surface area contributed by atoms with Crippen LogP contribution in [0.4, 0.5) is 5.69 Å². The summed E-state index contributed by atoms with van der Waals surface area (Å²) in [6.07, 6.45) is 7.02. The SMILES string of the molecule is CC1(C)CC([NH2+][C@H](CO)[C@@H](O)c2ccc([N+](=O)[O-])cc2)=CC(=[N+]2CCCCC2)C1. The molecule has 0 saturated carbocycles. The maximum absolute atomic E-state index is 10.8. The molecule has 3 rings (SSSR count). The number of hydrogen-bond acceptors (Lipinski definition) is 4. The van der Waals surface area contributed by atoms with Crippen molar-refractivity contribution in [2.45, 2.75) is 58.1 Å². The topological polar surface area (TPSA) is 103 Å². The number of quaternary nitrogens is 1. The van der Waals surface area contributed by atoms with Gasteiger partial charge in [0.2, 0.25) is 0 Å². The van der Waals surface area contributed by atoms with E-state index in [1.54, 1.807) is 12.1 Å². The van der Waals surface area contributed by atoms with Crippen molar-refractivity contribution in [1.82, 2.24) is 0 Å². The van der Waals surface area contributed by atoms with E-state index >= 15 is 0 Å². The fourth-order valence-electron chi connectivity index (χ4n) is 4.47. The van der Waals surface area contributed by atoms with Crippen LogP contribution in [0.25, 0.3) is 0 Å². The van der Waals surface area contributed by atoms with Crippen LogP contribution in [0.3, 0.4) is 0 Å². The van der Waals surface area contributed by atoms with Crippen molar-refractivity contribution in [3.63, 3.8) is 0 Å². The molecule has 1 aliphatic heterocycles. The molecule has 0 bridgehead atoms. The van der Waals surface area contributed by atoms with Crippen molar-refractivity contribution in [3.05, 3.63) is 51.7 Å². The Hall–Kier alpha value is -2.09. The average molecular weight is 404 g/mol. The van der Waals surface area contributed by atoms with Crippen LogP contribution >= 0.6 is 0 Å². The highest BCUT2D eigenvalue weighted by molar-refractivity contribution is 5.92. The molecule has 158 valence electrons. The van der Waals surface area contributed by atoms with Crippen molar-refractivity contribution in [3.8, 4) is 0 Å². The lowest BCUT2D eigenvalue weighted by molar-refractivity contribution is -0.658. The van der Waals surface area contributed by atoms with Gasteiger partial charge in [-0.3, -0.25) is 10.1 Å². The number of benzene rings is 1. The van der Waals surface area contributed by atoms with Gasteiger partial charge < -0.3 is 15.5 Å². The Kier molecular flexibility index (Phi) is 6.82. The lowest BCUT2D eigenvalue weighted by Gasteiger charge is -2.30. The molecule has 0 spiro atoms. The third kappa shape index (κ3) is 5.50. The first-order valence-corrected chi connectivity index (χ1v) is 10.5. The molecule has 1 aromatic carbocycles. The van der Waals surface area contributed by atoms with E-state index in [1.165, 1.54) is 37.1 Å². The first kappa shape index (κ1) is 21.6. The van der Waals surface area contributed by atoms with Gasteiger partial charge >= 0.3 is 0 Å². The number of nitro groups is 1. The molecule has 1 aromatic rings. The van der Waals surface area contributed by atoms with Gasteiger partial charge in [-0.15, -0.1) is 0 Å². The summed E-state index contributed by atoms with van der Waals surface area (Å²) in [5.74, 6) is 0. The fraction of sp³-hybridized carbons (Fsp3) is 0.591. The van der Waals surface area contributed by atoms with Crippen LogP contribution in [-0.2, 0) is 0 Å². The summed E-state index contributed by atoms with van der Waals surface area (Å²) in [5, 5.41) is 33.5. The van der Waals surface area contributed by atoms with Gasteiger partial charge in [-0.2, -0.15) is 0 Å². The zero-order valence-corrected chi connectivity index (χ0v) is 17.4. The van der Waals surface area contributed by atoms with Crippen molar-refractivity contribution in [2.24, 2.45) is 5.41 Å². The standard InChI is InChI=1S/C22H31N3O4/c1-22(2)13-17(12-19(14-22)24-10-4-3-5-11-24)23-20(15-26)21(27)16-6-8-18(9-7-16)25(28)29/h6-9,12,20-21,26-27H,3-5,10-11,13-15H2,1-2H3/p+2/t20-,21+/m1/s1. The summed E-state index contributed by atoms with van der Waals surface area (Å²) in [6, 6.07) is 5.43. The third-order valence-corrected chi connectivity index (χ3v) is 5.95. The van der Waals surface area contributed by atoms with Crippen LogP contribution < -0.4 is 5.32 Å². The Morgan fingerprint density at radius 2 is 1.83 bits per heavy atom. The first-order chi connectivity index (χ1) is 13.8. The van der Waals surface area contributed by atoms with Crippen LogP contribution in [0.5, 0.6) is 0 Å². The van der Waals surface area contributed by atoms with E-state index < -0.39 is 17.1 Å². The van der Waals surface area contributed by atoms with Crippen LogP contribution in [0, 0.1) is 15.5 Å². The molecule has 1 aliphatic carbocycles. The summed E-state index contributed by atoms with van der Waals surface area (Å²) in [4.78, 5) is 10.4. The number of nitro benzene ring substituents is 1. The van der Waals surface area contributed by atoms with Crippen molar-refractivity contribution < 1.29 is 25.0 Å². The van der Waals surface area contributed by atoms with Crippen LogP contribution in [-0.4, -0.2) is 51.2 Å². The van der Waals surface area contributed by atoms with Crippen molar-refractivity contribution in [1.29, 1.82) is 0 Å². The minimum absolute atomic E-state index is 0.0111. The lowest BCUT2D eigenvalue weighted by Crippen LogP contribution is -2.91. The Morgan fingerprint density at radius 3 is 2.41 bits per heavy atom. The van der Waals surface area contributed by atoms with E-state index in [0.717, 1.165) is 31.6 Å². The Bertz CT molecular complexity index is 791. The maximum atomic E-state index is 10.8. The molecule has 0 unspecified atom stereocenters. The minimum Gasteiger partial charge on any atom is -0.390 e. The van der Waals surface area contributed by atoms with Gasteiger partial charge in [-0.25, -0.2) is 4.58 Å². The molecular formula is C22H33N3O4+2. The molecular weight excluding hydrogens is 370 g/mol. The Labute approximate surface area is 171 Å². The quantitative estimate of drug-likeness (QED) is 0.383. The molecule has 7 nitrogen and oxygen atoms in total. The highest BCUT2D eigenvalue weighted by Gasteiger charge is 2.35. The molecule has 1 heterocycles. The molecule has 7 heteroatoms. The van der Waals surface area contributed by atoms with E-state index in [-0.39, 0.29) is 17.7 Å². The van der Waals surface area contributed by atoms with Crippen LogP contribution in [0.2, 0.25) is 0 Å². The number of piperidine rings is 1. The van der Waals surface area contributed by atoms with Crippen molar-refractivity contribution >= 4 is 11.4 Å². The van der Waals surface area contributed by atoms with Crippen LogP contribution in [0.15, 0.2) is 36.0 Å². The van der Waals surface area contributed by atoms with Gasteiger partial charge in [0.1, 0.15) is 30.9 Å². The molecule has 2 atom stereocenters. The number of allylic oxidation sites excluding steroid dienone is 2. The second-order valence-corrected chi connectivity index (χ2v) is 9.08. The molecule has 0 aromatic heterocycles. The predicted octanol–water partition coefficient (Wildman–Crippen LogP) is 1.89. The zero-order valence-electron chi connectivity index (χ0n) is 17.4.